The normalized spacial score (nSPS) is 11.3. The fraction of sp³-hybridized carbons (Fsp3) is 0.280. The van der Waals surface area contributed by atoms with Gasteiger partial charge < -0.3 is 0 Å². The Morgan fingerprint density at radius 2 is 1.72 bits per heavy atom. The molecule has 0 N–H and O–H groups in total. The molecule has 2 aromatic carbocycles. The van der Waals surface area contributed by atoms with Gasteiger partial charge in [0.1, 0.15) is 0 Å². The lowest BCUT2D eigenvalue weighted by Gasteiger charge is -2.19. The van der Waals surface area contributed by atoms with Crippen LogP contribution >= 0.6 is 0 Å². The highest BCUT2D eigenvalue weighted by atomic mass is 14.2. The van der Waals surface area contributed by atoms with Crippen LogP contribution in [0.3, 0.4) is 0 Å². The topological polar surface area (TPSA) is 0 Å². The molecule has 25 heavy (non-hydrogen) atoms. The molecule has 0 nitrogen and oxygen atoms in total. The fourth-order valence-electron chi connectivity index (χ4n) is 3.37. The quantitative estimate of drug-likeness (QED) is 0.395. The summed E-state index contributed by atoms with van der Waals surface area (Å²) in [6.07, 6.45) is 8.39. The third-order valence-corrected chi connectivity index (χ3v) is 4.80. The molecule has 0 heterocycles. The highest BCUT2D eigenvalue weighted by Crippen LogP contribution is 2.32. The Morgan fingerprint density at radius 1 is 1.00 bits per heavy atom. The second-order valence-corrected chi connectivity index (χ2v) is 6.85. The smallest absolute Gasteiger partial charge is 0.00922 e. The van der Waals surface area contributed by atoms with Crippen molar-refractivity contribution in [3.05, 3.63) is 100 Å². The molecule has 0 atom stereocenters. The Morgan fingerprint density at radius 3 is 2.32 bits per heavy atom. The largest absolute Gasteiger partial charge is 0.0990 e. The van der Waals surface area contributed by atoms with Crippen molar-refractivity contribution in [2.45, 2.75) is 47.5 Å². The summed E-state index contributed by atoms with van der Waals surface area (Å²) in [6, 6.07) is 13.2. The van der Waals surface area contributed by atoms with E-state index in [0.29, 0.717) is 0 Å². The first-order valence-electron chi connectivity index (χ1n) is 9.13. The molecule has 2 rings (SSSR count). The van der Waals surface area contributed by atoms with E-state index in [-0.39, 0.29) is 0 Å². The molecule has 0 amide bonds. The third-order valence-electron chi connectivity index (χ3n) is 4.80. The van der Waals surface area contributed by atoms with Gasteiger partial charge in [-0.1, -0.05) is 73.7 Å². The first-order chi connectivity index (χ1) is 12.0. The molecule has 0 aliphatic rings. The second-order valence-electron chi connectivity index (χ2n) is 6.85. The van der Waals surface area contributed by atoms with E-state index in [4.69, 9.17) is 0 Å². The number of aryl methyl sites for hydroxylation is 1. The van der Waals surface area contributed by atoms with Crippen molar-refractivity contribution in [2.75, 3.05) is 0 Å². The van der Waals surface area contributed by atoms with E-state index in [1.165, 1.54) is 44.5 Å². The van der Waals surface area contributed by atoms with Crippen molar-refractivity contribution in [3.63, 3.8) is 0 Å². The average molecular weight is 331 g/mol. The number of hydrogen-bond donors (Lipinski definition) is 0. The third kappa shape index (κ3) is 4.39. The van der Waals surface area contributed by atoms with Gasteiger partial charge in [0.25, 0.3) is 0 Å². The number of hydrogen-bond acceptors (Lipinski definition) is 0. The van der Waals surface area contributed by atoms with Crippen LogP contribution in [-0.4, -0.2) is 0 Å². The van der Waals surface area contributed by atoms with Crippen LogP contribution in [-0.2, 0) is 12.8 Å². The molecule has 0 saturated carbocycles. The first kappa shape index (κ1) is 19.0. The number of rotatable bonds is 6. The van der Waals surface area contributed by atoms with Gasteiger partial charge in [0.2, 0.25) is 0 Å². The summed E-state index contributed by atoms with van der Waals surface area (Å²) in [5.74, 6) is 0. The lowest BCUT2D eigenvalue weighted by Crippen LogP contribution is -2.02. The minimum atomic E-state index is 1.01. The van der Waals surface area contributed by atoms with Gasteiger partial charge in [-0.2, -0.15) is 0 Å². The summed E-state index contributed by atoms with van der Waals surface area (Å²) in [5, 5.41) is 0. The van der Waals surface area contributed by atoms with E-state index < -0.39 is 0 Å². The molecular weight excluding hydrogens is 300 g/mol. The summed E-state index contributed by atoms with van der Waals surface area (Å²) < 4.78 is 0. The van der Waals surface area contributed by atoms with E-state index >= 15 is 0 Å². The zero-order valence-electron chi connectivity index (χ0n) is 16.3. The summed E-state index contributed by atoms with van der Waals surface area (Å²) in [4.78, 5) is 0. The molecule has 130 valence electrons. The molecule has 0 spiro atoms. The van der Waals surface area contributed by atoms with Crippen LogP contribution in [0.25, 0.3) is 5.57 Å². The van der Waals surface area contributed by atoms with Crippen LogP contribution in [0.2, 0.25) is 0 Å². The number of allylic oxidation sites excluding steroid dienone is 4. The van der Waals surface area contributed by atoms with Gasteiger partial charge in [0.15, 0.2) is 0 Å². The Bertz CT molecular complexity index is 812. The molecule has 0 heteroatoms. The highest BCUT2D eigenvalue weighted by Gasteiger charge is 2.14. The molecule has 0 saturated heterocycles. The fourth-order valence-corrected chi connectivity index (χ4v) is 3.37. The Hall–Kier alpha value is -2.34. The maximum Gasteiger partial charge on any atom is -0.00922 e. The molecule has 0 unspecified atom stereocenters. The van der Waals surface area contributed by atoms with Gasteiger partial charge in [0.05, 0.1) is 0 Å². The van der Waals surface area contributed by atoms with Crippen LogP contribution in [0.5, 0.6) is 0 Å². The highest BCUT2D eigenvalue weighted by molar-refractivity contribution is 5.84. The zero-order valence-corrected chi connectivity index (χ0v) is 16.3. The summed E-state index contributed by atoms with van der Waals surface area (Å²) in [5.41, 5.74) is 10.8. The predicted molar refractivity (Wildman–Crippen MR) is 112 cm³/mol. The lowest BCUT2D eigenvalue weighted by atomic mass is 9.86. The second kappa shape index (κ2) is 8.67. The van der Waals surface area contributed by atoms with E-state index in [1.54, 1.807) is 0 Å². The zero-order chi connectivity index (χ0) is 18.4. The molecule has 0 fully saturated rings. The maximum absolute atomic E-state index is 3.94. The molecule has 0 aliphatic carbocycles. The van der Waals surface area contributed by atoms with Crippen molar-refractivity contribution >= 4 is 5.57 Å². The molecule has 0 aliphatic heterocycles. The van der Waals surface area contributed by atoms with Crippen LogP contribution in [0.4, 0.5) is 0 Å². The predicted octanol–water partition coefficient (Wildman–Crippen LogP) is 6.99. The Kier molecular flexibility index (Phi) is 6.58. The van der Waals surface area contributed by atoms with Gasteiger partial charge in [-0.05, 0) is 79.5 Å². The summed E-state index contributed by atoms with van der Waals surface area (Å²) in [7, 11) is 0. The van der Waals surface area contributed by atoms with E-state index in [1.807, 2.05) is 6.08 Å². The molecule has 2 aromatic rings. The van der Waals surface area contributed by atoms with E-state index in [2.05, 4.69) is 89.7 Å². The molecular formula is C25H30. The van der Waals surface area contributed by atoms with Crippen molar-refractivity contribution in [1.82, 2.24) is 0 Å². The van der Waals surface area contributed by atoms with E-state index in [0.717, 1.165) is 12.8 Å². The SMILES string of the molecule is C=C/C=C(/c1ccccc1C)c1ccc(CC=C(C)C)c(C)c1CC. The van der Waals surface area contributed by atoms with Crippen molar-refractivity contribution in [2.24, 2.45) is 0 Å². The van der Waals surface area contributed by atoms with Crippen molar-refractivity contribution < 1.29 is 0 Å². The lowest BCUT2D eigenvalue weighted by molar-refractivity contribution is 1.06. The molecule has 0 aromatic heterocycles. The van der Waals surface area contributed by atoms with Crippen molar-refractivity contribution in [3.8, 4) is 0 Å². The summed E-state index contributed by atoms with van der Waals surface area (Å²) in [6.45, 7) is 15.0. The van der Waals surface area contributed by atoms with Crippen LogP contribution in [0.15, 0.2) is 66.8 Å². The average Bonchev–Trinajstić information content (AvgIpc) is 2.59. The maximum atomic E-state index is 3.94. The number of benzene rings is 2. The Labute approximate surface area is 153 Å². The van der Waals surface area contributed by atoms with Crippen LogP contribution in [0.1, 0.15) is 54.2 Å². The minimum absolute atomic E-state index is 1.01. The van der Waals surface area contributed by atoms with Gasteiger partial charge in [-0.15, -0.1) is 0 Å². The van der Waals surface area contributed by atoms with Crippen LogP contribution in [0, 0.1) is 13.8 Å². The van der Waals surface area contributed by atoms with E-state index in [9.17, 15) is 0 Å². The molecule has 0 bridgehead atoms. The summed E-state index contributed by atoms with van der Waals surface area (Å²) >= 11 is 0. The van der Waals surface area contributed by atoms with Crippen molar-refractivity contribution in [1.29, 1.82) is 0 Å². The minimum Gasteiger partial charge on any atom is -0.0990 e. The van der Waals surface area contributed by atoms with Gasteiger partial charge >= 0.3 is 0 Å². The van der Waals surface area contributed by atoms with Gasteiger partial charge in [-0.3, -0.25) is 0 Å². The first-order valence-corrected chi connectivity index (χ1v) is 9.13. The monoisotopic (exact) mass is 330 g/mol. The standard InChI is InChI=1S/C25H30/c1-7-11-24(23-13-10-9-12-19(23)5)25-17-16-21(15-14-18(3)4)20(6)22(25)8-2/h7,9-14,16-17H,1,8,15H2,2-6H3/b24-11-. The van der Waals surface area contributed by atoms with Crippen LogP contribution < -0.4 is 0 Å². The van der Waals surface area contributed by atoms with Gasteiger partial charge in [0, 0.05) is 0 Å². The van der Waals surface area contributed by atoms with Gasteiger partial charge in [-0.25, -0.2) is 0 Å². The Balaban J connectivity index is 2.62. The molecule has 0 radical (unpaired) electrons.